The molecule has 1 aliphatic rings. The molecule has 2 aromatic rings. The van der Waals surface area contributed by atoms with Gasteiger partial charge in [0.15, 0.2) is 0 Å². The standard InChI is InChI=1S/C21H22N2O3/c1-4-22(18-10-9-14(2)13-15(18)3)19(24)11-12-23-20(25)16-7-5-6-8-17(16)21(23)26/h5-10,13H,4,11-12H2,1-3H3. The zero-order chi connectivity index (χ0) is 18.8. The van der Waals surface area contributed by atoms with Crippen LogP contribution in [0.25, 0.3) is 0 Å². The Labute approximate surface area is 153 Å². The summed E-state index contributed by atoms with van der Waals surface area (Å²) in [7, 11) is 0. The van der Waals surface area contributed by atoms with Gasteiger partial charge in [-0.25, -0.2) is 0 Å². The molecule has 3 rings (SSSR count). The van der Waals surface area contributed by atoms with E-state index in [-0.39, 0.29) is 30.7 Å². The van der Waals surface area contributed by atoms with Crippen molar-refractivity contribution in [1.29, 1.82) is 0 Å². The summed E-state index contributed by atoms with van der Waals surface area (Å²) in [6, 6.07) is 12.7. The predicted molar refractivity (Wildman–Crippen MR) is 100 cm³/mol. The van der Waals surface area contributed by atoms with Crippen LogP contribution >= 0.6 is 0 Å². The largest absolute Gasteiger partial charge is 0.312 e. The van der Waals surface area contributed by atoms with Crippen LogP contribution in [0.4, 0.5) is 5.69 Å². The fraction of sp³-hybridized carbons (Fsp3) is 0.286. The molecule has 1 heterocycles. The van der Waals surface area contributed by atoms with Crippen LogP contribution in [0.2, 0.25) is 0 Å². The zero-order valence-electron chi connectivity index (χ0n) is 15.3. The maximum Gasteiger partial charge on any atom is 0.261 e. The summed E-state index contributed by atoms with van der Waals surface area (Å²) in [6.45, 7) is 6.52. The Kier molecular flexibility index (Phi) is 4.89. The minimum Gasteiger partial charge on any atom is -0.312 e. The summed E-state index contributed by atoms with van der Waals surface area (Å²) >= 11 is 0. The van der Waals surface area contributed by atoms with Gasteiger partial charge in [0.05, 0.1) is 11.1 Å². The normalized spacial score (nSPS) is 13.1. The van der Waals surface area contributed by atoms with Gasteiger partial charge in [0.1, 0.15) is 0 Å². The quantitative estimate of drug-likeness (QED) is 0.777. The molecule has 1 aliphatic heterocycles. The lowest BCUT2D eigenvalue weighted by Gasteiger charge is -2.24. The smallest absolute Gasteiger partial charge is 0.261 e. The van der Waals surface area contributed by atoms with Crippen molar-refractivity contribution in [3.63, 3.8) is 0 Å². The van der Waals surface area contributed by atoms with Crippen LogP contribution in [0, 0.1) is 13.8 Å². The number of rotatable bonds is 5. The second kappa shape index (κ2) is 7.12. The molecule has 5 nitrogen and oxygen atoms in total. The molecule has 0 radical (unpaired) electrons. The summed E-state index contributed by atoms with van der Waals surface area (Å²) in [5.74, 6) is -0.753. The molecule has 0 unspecified atom stereocenters. The average Bonchev–Trinajstić information content (AvgIpc) is 2.87. The molecule has 0 atom stereocenters. The topological polar surface area (TPSA) is 57.7 Å². The van der Waals surface area contributed by atoms with Gasteiger partial charge in [0.2, 0.25) is 5.91 Å². The van der Waals surface area contributed by atoms with E-state index in [1.807, 2.05) is 39.0 Å². The molecule has 3 amide bonds. The number of amides is 3. The highest BCUT2D eigenvalue weighted by Gasteiger charge is 2.35. The van der Waals surface area contributed by atoms with Gasteiger partial charge in [-0.2, -0.15) is 0 Å². The average molecular weight is 350 g/mol. The van der Waals surface area contributed by atoms with Gasteiger partial charge in [0.25, 0.3) is 11.8 Å². The molecule has 26 heavy (non-hydrogen) atoms. The molecule has 5 heteroatoms. The van der Waals surface area contributed by atoms with Crippen LogP contribution in [0.15, 0.2) is 42.5 Å². The van der Waals surface area contributed by atoms with Gasteiger partial charge in [0, 0.05) is 25.2 Å². The monoisotopic (exact) mass is 350 g/mol. The summed E-state index contributed by atoms with van der Waals surface area (Å²) in [4.78, 5) is 40.4. The van der Waals surface area contributed by atoms with Crippen molar-refractivity contribution >= 4 is 23.4 Å². The van der Waals surface area contributed by atoms with Gasteiger partial charge >= 0.3 is 0 Å². The van der Waals surface area contributed by atoms with Crippen LogP contribution in [0.5, 0.6) is 0 Å². The van der Waals surface area contributed by atoms with Crippen molar-refractivity contribution < 1.29 is 14.4 Å². The molecule has 0 spiro atoms. The van der Waals surface area contributed by atoms with Crippen molar-refractivity contribution in [3.8, 4) is 0 Å². The number of benzene rings is 2. The molecule has 0 saturated heterocycles. The summed E-state index contributed by atoms with van der Waals surface area (Å²) in [5, 5.41) is 0. The van der Waals surface area contributed by atoms with Crippen molar-refractivity contribution in [1.82, 2.24) is 4.90 Å². The third kappa shape index (κ3) is 3.12. The van der Waals surface area contributed by atoms with Crippen LogP contribution in [0.3, 0.4) is 0 Å². The van der Waals surface area contributed by atoms with E-state index < -0.39 is 0 Å². The van der Waals surface area contributed by atoms with E-state index >= 15 is 0 Å². The molecule has 0 bridgehead atoms. The first-order valence-electron chi connectivity index (χ1n) is 8.77. The van der Waals surface area contributed by atoms with Crippen molar-refractivity contribution in [2.45, 2.75) is 27.2 Å². The molecular formula is C21H22N2O3. The van der Waals surface area contributed by atoms with Gasteiger partial charge in [-0.15, -0.1) is 0 Å². The summed E-state index contributed by atoms with van der Waals surface area (Å²) < 4.78 is 0. The molecule has 0 N–H and O–H groups in total. The van der Waals surface area contributed by atoms with Crippen LogP contribution in [0.1, 0.15) is 45.2 Å². The molecule has 2 aromatic carbocycles. The van der Waals surface area contributed by atoms with Gasteiger partial charge < -0.3 is 4.90 Å². The number of aryl methyl sites for hydroxylation is 2. The lowest BCUT2D eigenvalue weighted by Crippen LogP contribution is -2.37. The van der Waals surface area contributed by atoms with Gasteiger partial charge in [-0.1, -0.05) is 29.8 Å². The number of fused-ring (bicyclic) bond motifs is 1. The SMILES string of the molecule is CCN(C(=O)CCN1C(=O)c2ccccc2C1=O)c1ccc(C)cc1C. The number of nitrogens with zero attached hydrogens (tertiary/aromatic N) is 2. The summed E-state index contributed by atoms with van der Waals surface area (Å²) in [5.41, 5.74) is 3.85. The first-order valence-corrected chi connectivity index (χ1v) is 8.77. The van der Waals surface area contributed by atoms with Crippen molar-refractivity contribution in [3.05, 3.63) is 64.7 Å². The number of anilines is 1. The number of hydrogen-bond donors (Lipinski definition) is 0. The zero-order valence-corrected chi connectivity index (χ0v) is 15.3. The second-order valence-corrected chi connectivity index (χ2v) is 6.49. The number of carbonyl (C=O) groups excluding carboxylic acids is 3. The number of carbonyl (C=O) groups is 3. The molecule has 0 saturated carbocycles. The number of imide groups is 1. The molecule has 0 aliphatic carbocycles. The maximum absolute atomic E-state index is 12.7. The Balaban J connectivity index is 1.72. The first kappa shape index (κ1) is 17.9. The van der Waals surface area contributed by atoms with Crippen LogP contribution in [-0.4, -0.2) is 35.7 Å². The van der Waals surface area contributed by atoms with E-state index in [1.165, 1.54) is 4.90 Å². The Bertz CT molecular complexity index is 854. The van der Waals surface area contributed by atoms with Gasteiger partial charge in [-0.05, 0) is 44.5 Å². The Morgan fingerprint density at radius 3 is 2.15 bits per heavy atom. The first-order chi connectivity index (χ1) is 12.4. The highest BCUT2D eigenvalue weighted by molar-refractivity contribution is 6.21. The minimum absolute atomic E-state index is 0.0899. The highest BCUT2D eigenvalue weighted by atomic mass is 16.2. The van der Waals surface area contributed by atoms with E-state index in [0.29, 0.717) is 17.7 Å². The third-order valence-corrected chi connectivity index (χ3v) is 4.69. The maximum atomic E-state index is 12.7. The lowest BCUT2D eigenvalue weighted by atomic mass is 10.1. The molecular weight excluding hydrogens is 328 g/mol. The molecule has 134 valence electrons. The summed E-state index contributed by atoms with van der Waals surface area (Å²) in [6.07, 6.45) is 0.104. The van der Waals surface area contributed by atoms with E-state index in [0.717, 1.165) is 16.8 Å². The fourth-order valence-electron chi connectivity index (χ4n) is 3.37. The predicted octanol–water partition coefficient (Wildman–Crippen LogP) is 3.34. The lowest BCUT2D eigenvalue weighted by molar-refractivity contribution is -0.118. The Morgan fingerprint density at radius 1 is 1.00 bits per heavy atom. The van der Waals surface area contributed by atoms with Crippen LogP contribution in [-0.2, 0) is 4.79 Å². The van der Waals surface area contributed by atoms with E-state index in [1.54, 1.807) is 29.2 Å². The second-order valence-electron chi connectivity index (χ2n) is 6.49. The van der Waals surface area contributed by atoms with E-state index in [4.69, 9.17) is 0 Å². The van der Waals surface area contributed by atoms with Crippen molar-refractivity contribution in [2.75, 3.05) is 18.0 Å². The minimum atomic E-state index is -0.326. The van der Waals surface area contributed by atoms with Crippen molar-refractivity contribution in [2.24, 2.45) is 0 Å². The Morgan fingerprint density at radius 2 is 1.62 bits per heavy atom. The fourth-order valence-corrected chi connectivity index (χ4v) is 3.37. The number of hydrogen-bond acceptors (Lipinski definition) is 3. The molecule has 0 fully saturated rings. The van der Waals surface area contributed by atoms with Crippen LogP contribution < -0.4 is 4.90 Å². The molecule has 0 aromatic heterocycles. The van der Waals surface area contributed by atoms with Gasteiger partial charge in [-0.3, -0.25) is 19.3 Å². The Hall–Kier alpha value is -2.95. The van der Waals surface area contributed by atoms with E-state index in [9.17, 15) is 14.4 Å². The van der Waals surface area contributed by atoms with E-state index in [2.05, 4.69) is 0 Å². The highest BCUT2D eigenvalue weighted by Crippen LogP contribution is 2.24. The third-order valence-electron chi connectivity index (χ3n) is 4.69.